The molecule has 70 valence electrons. The van der Waals surface area contributed by atoms with Crippen LogP contribution in [0.2, 0.25) is 0 Å². The van der Waals surface area contributed by atoms with E-state index in [0.717, 1.165) is 26.1 Å². The fourth-order valence-electron chi connectivity index (χ4n) is 1.69. The lowest BCUT2D eigenvalue weighted by molar-refractivity contribution is -0.132. The van der Waals surface area contributed by atoms with Gasteiger partial charge in [-0.1, -0.05) is 6.92 Å². The minimum Gasteiger partial charge on any atom is -0.349 e. The predicted octanol–water partition coefficient (Wildman–Crippen LogP) is 0.416. The van der Waals surface area contributed by atoms with Gasteiger partial charge < -0.3 is 9.80 Å². The number of amides is 1. The second-order valence-corrected chi connectivity index (χ2v) is 3.61. The van der Waals surface area contributed by atoms with Gasteiger partial charge in [0, 0.05) is 20.6 Å². The topological polar surface area (TPSA) is 23.6 Å². The van der Waals surface area contributed by atoms with Crippen LogP contribution in [0.4, 0.5) is 0 Å². The Hall–Kier alpha value is -0.570. The number of hydrogen-bond donors (Lipinski definition) is 0. The molecule has 0 aromatic rings. The minimum absolute atomic E-state index is 0.250. The van der Waals surface area contributed by atoms with Gasteiger partial charge in [0.15, 0.2) is 0 Å². The molecule has 1 heterocycles. The van der Waals surface area contributed by atoms with Gasteiger partial charge in [-0.15, -0.1) is 0 Å². The summed E-state index contributed by atoms with van der Waals surface area (Å²) < 4.78 is 0. The van der Waals surface area contributed by atoms with Crippen molar-refractivity contribution in [1.29, 1.82) is 0 Å². The first kappa shape index (κ1) is 9.52. The molecule has 3 heteroatoms. The molecule has 12 heavy (non-hydrogen) atoms. The summed E-state index contributed by atoms with van der Waals surface area (Å²) in [7, 11) is 3.66. The number of nitrogens with zero attached hydrogens (tertiary/aromatic N) is 2. The Bertz CT molecular complexity index is 168. The highest BCUT2D eigenvalue weighted by atomic mass is 16.2. The van der Waals surface area contributed by atoms with E-state index in [4.69, 9.17) is 0 Å². The summed E-state index contributed by atoms with van der Waals surface area (Å²) in [5, 5.41) is 0. The van der Waals surface area contributed by atoms with Crippen molar-refractivity contribution in [2.24, 2.45) is 5.92 Å². The van der Waals surface area contributed by atoms with Crippen LogP contribution in [0.1, 0.15) is 13.3 Å². The molecule has 0 N–H and O–H groups in total. The quantitative estimate of drug-likeness (QED) is 0.599. The summed E-state index contributed by atoms with van der Waals surface area (Å²) in [6, 6.07) is 0. The summed E-state index contributed by atoms with van der Waals surface area (Å²) in [5.41, 5.74) is 0. The van der Waals surface area contributed by atoms with Crippen molar-refractivity contribution in [2.45, 2.75) is 13.3 Å². The molecule has 0 unspecified atom stereocenters. The molecular formula is C9H18N2O. The van der Waals surface area contributed by atoms with E-state index in [0.29, 0.717) is 0 Å². The molecule has 0 spiro atoms. The smallest absolute Gasteiger partial charge is 0.226 e. The van der Waals surface area contributed by atoms with Crippen LogP contribution in [0.3, 0.4) is 0 Å². The minimum atomic E-state index is 0.250. The molecule has 3 nitrogen and oxygen atoms in total. The number of likely N-dealkylation sites (tertiary alicyclic amines) is 1. The van der Waals surface area contributed by atoms with Crippen molar-refractivity contribution in [3.63, 3.8) is 0 Å². The maximum Gasteiger partial charge on any atom is 0.226 e. The van der Waals surface area contributed by atoms with Crippen molar-refractivity contribution in [3.8, 4) is 0 Å². The first-order valence-electron chi connectivity index (χ1n) is 4.58. The Morgan fingerprint density at radius 3 is 2.67 bits per heavy atom. The fourth-order valence-corrected chi connectivity index (χ4v) is 1.69. The number of hydrogen-bond acceptors (Lipinski definition) is 2. The lowest BCUT2D eigenvalue weighted by atomic mass is 10.1. The molecule has 1 saturated heterocycles. The Morgan fingerprint density at radius 2 is 2.25 bits per heavy atom. The summed E-state index contributed by atoms with van der Waals surface area (Å²) in [6.07, 6.45) is 1.03. The van der Waals surface area contributed by atoms with E-state index in [1.165, 1.54) is 0 Å². The van der Waals surface area contributed by atoms with E-state index < -0.39 is 0 Å². The van der Waals surface area contributed by atoms with E-state index in [1.807, 2.05) is 14.1 Å². The fraction of sp³-hybridized carbons (Fsp3) is 0.889. The van der Waals surface area contributed by atoms with E-state index in [1.54, 1.807) is 4.90 Å². The maximum atomic E-state index is 11.5. The van der Waals surface area contributed by atoms with Crippen LogP contribution in [-0.2, 0) is 4.79 Å². The van der Waals surface area contributed by atoms with E-state index in [-0.39, 0.29) is 11.8 Å². The van der Waals surface area contributed by atoms with Crippen LogP contribution >= 0.6 is 0 Å². The van der Waals surface area contributed by atoms with E-state index >= 15 is 0 Å². The number of carbonyl (C=O) groups excluding carboxylic acids is 1. The molecule has 0 bridgehead atoms. The molecule has 0 radical (unpaired) electrons. The van der Waals surface area contributed by atoms with E-state index in [2.05, 4.69) is 11.8 Å². The maximum absolute atomic E-state index is 11.5. The molecule has 0 aromatic carbocycles. The second kappa shape index (κ2) is 3.90. The summed E-state index contributed by atoms with van der Waals surface area (Å²) in [6.45, 7) is 5.24. The molecule has 1 aliphatic rings. The zero-order chi connectivity index (χ0) is 9.14. The SMILES string of the molecule is CCN1CC[C@H](C(=O)N(C)C)C1. The molecule has 0 aromatic heterocycles. The standard InChI is InChI=1S/C9H18N2O/c1-4-11-6-5-8(7-11)9(12)10(2)3/h8H,4-7H2,1-3H3/t8-/m0/s1. The van der Waals surface area contributed by atoms with Gasteiger partial charge in [0.2, 0.25) is 5.91 Å². The van der Waals surface area contributed by atoms with Crippen LogP contribution in [0.15, 0.2) is 0 Å². The van der Waals surface area contributed by atoms with Crippen LogP contribution in [0.5, 0.6) is 0 Å². The summed E-state index contributed by atoms with van der Waals surface area (Å²) >= 11 is 0. The molecular weight excluding hydrogens is 152 g/mol. The average molecular weight is 170 g/mol. The summed E-state index contributed by atoms with van der Waals surface area (Å²) in [5.74, 6) is 0.533. The van der Waals surface area contributed by atoms with Crippen molar-refractivity contribution in [3.05, 3.63) is 0 Å². The molecule has 1 atom stereocenters. The molecule has 0 saturated carbocycles. The van der Waals surface area contributed by atoms with E-state index in [9.17, 15) is 4.79 Å². The zero-order valence-electron chi connectivity index (χ0n) is 8.21. The highest BCUT2D eigenvalue weighted by Crippen LogP contribution is 2.16. The van der Waals surface area contributed by atoms with Gasteiger partial charge >= 0.3 is 0 Å². The van der Waals surface area contributed by atoms with Gasteiger partial charge in [-0.3, -0.25) is 4.79 Å². The Morgan fingerprint density at radius 1 is 1.58 bits per heavy atom. The third-order valence-electron chi connectivity index (χ3n) is 2.51. The van der Waals surface area contributed by atoms with Gasteiger partial charge in [-0.2, -0.15) is 0 Å². The lowest BCUT2D eigenvalue weighted by Gasteiger charge is -2.16. The molecule has 1 amide bonds. The molecule has 0 aliphatic carbocycles. The first-order chi connectivity index (χ1) is 5.65. The molecule has 1 rings (SSSR count). The monoisotopic (exact) mass is 170 g/mol. The van der Waals surface area contributed by atoms with Crippen LogP contribution < -0.4 is 0 Å². The zero-order valence-corrected chi connectivity index (χ0v) is 8.21. The Labute approximate surface area is 74.3 Å². The van der Waals surface area contributed by atoms with Crippen molar-refractivity contribution in [1.82, 2.24) is 9.80 Å². The number of rotatable bonds is 2. The van der Waals surface area contributed by atoms with Crippen molar-refractivity contribution in [2.75, 3.05) is 33.7 Å². The largest absolute Gasteiger partial charge is 0.349 e. The third-order valence-corrected chi connectivity index (χ3v) is 2.51. The van der Waals surface area contributed by atoms with Crippen LogP contribution in [-0.4, -0.2) is 49.4 Å². The van der Waals surface area contributed by atoms with Gasteiger partial charge in [0.1, 0.15) is 0 Å². The van der Waals surface area contributed by atoms with Crippen LogP contribution in [0, 0.1) is 5.92 Å². The van der Waals surface area contributed by atoms with Crippen molar-refractivity contribution >= 4 is 5.91 Å². The van der Waals surface area contributed by atoms with Gasteiger partial charge in [0.25, 0.3) is 0 Å². The lowest BCUT2D eigenvalue weighted by Crippen LogP contribution is -2.31. The van der Waals surface area contributed by atoms with Crippen molar-refractivity contribution < 1.29 is 4.79 Å². The number of carbonyl (C=O) groups is 1. The second-order valence-electron chi connectivity index (χ2n) is 3.61. The van der Waals surface area contributed by atoms with Gasteiger partial charge in [-0.25, -0.2) is 0 Å². The highest BCUT2D eigenvalue weighted by Gasteiger charge is 2.27. The predicted molar refractivity (Wildman–Crippen MR) is 48.9 cm³/mol. The van der Waals surface area contributed by atoms with Crippen LogP contribution in [0.25, 0.3) is 0 Å². The molecule has 1 aliphatic heterocycles. The third kappa shape index (κ3) is 1.97. The average Bonchev–Trinajstić information content (AvgIpc) is 2.50. The van der Waals surface area contributed by atoms with Gasteiger partial charge in [-0.05, 0) is 19.5 Å². The Kier molecular flexibility index (Phi) is 3.09. The molecule has 1 fully saturated rings. The first-order valence-corrected chi connectivity index (χ1v) is 4.58. The van der Waals surface area contributed by atoms with Gasteiger partial charge in [0.05, 0.1) is 5.92 Å². The normalized spacial score (nSPS) is 24.4. The Balaban J connectivity index is 2.41. The highest BCUT2D eigenvalue weighted by molar-refractivity contribution is 5.78. The summed E-state index contributed by atoms with van der Waals surface area (Å²) in [4.78, 5) is 15.5.